The molecule has 1 aliphatic rings. The smallest absolute Gasteiger partial charge is 0.284 e. The maximum absolute atomic E-state index is 12.9. The third kappa shape index (κ3) is 4.38. The highest BCUT2D eigenvalue weighted by Crippen LogP contribution is 2.26. The summed E-state index contributed by atoms with van der Waals surface area (Å²) in [7, 11) is -2.16. The summed E-state index contributed by atoms with van der Waals surface area (Å²) in [5.74, 6) is 0.683. The van der Waals surface area contributed by atoms with Gasteiger partial charge in [-0.3, -0.25) is 4.79 Å². The first-order valence-electron chi connectivity index (χ1n) is 9.88. The largest absolute Gasteiger partial charge is 0.495 e. The number of methoxy groups -OCH3 is 1. The molecule has 1 amide bonds. The predicted octanol–water partition coefficient (Wildman–Crippen LogP) is 2.24. The molecule has 1 aliphatic heterocycles. The number of anilines is 1. The molecule has 10 heteroatoms. The van der Waals surface area contributed by atoms with Crippen molar-refractivity contribution in [2.24, 2.45) is 0 Å². The minimum absolute atomic E-state index is 0.0502. The third-order valence-corrected chi connectivity index (χ3v) is 6.84. The number of piperidine rings is 1. The van der Waals surface area contributed by atoms with Crippen molar-refractivity contribution in [3.8, 4) is 5.75 Å². The Kier molecular flexibility index (Phi) is 5.90. The van der Waals surface area contributed by atoms with Crippen LogP contribution in [-0.4, -0.2) is 59.6 Å². The van der Waals surface area contributed by atoms with E-state index in [1.54, 1.807) is 12.0 Å². The van der Waals surface area contributed by atoms with Crippen LogP contribution in [0.2, 0.25) is 0 Å². The number of likely N-dealkylation sites (tertiary alicyclic amines) is 1. The van der Waals surface area contributed by atoms with E-state index in [0.29, 0.717) is 18.7 Å². The fourth-order valence-electron chi connectivity index (χ4n) is 3.59. The fourth-order valence-corrected chi connectivity index (χ4v) is 4.63. The van der Waals surface area contributed by atoms with Gasteiger partial charge >= 0.3 is 0 Å². The molecule has 3 aromatic rings. The second-order valence-electron chi connectivity index (χ2n) is 7.21. The molecule has 1 N–H and O–H groups in total. The van der Waals surface area contributed by atoms with E-state index in [0.717, 1.165) is 41.0 Å². The second kappa shape index (κ2) is 8.76. The molecule has 162 valence electrons. The number of hydrogen-bond acceptors (Lipinski definition) is 7. The summed E-state index contributed by atoms with van der Waals surface area (Å²) in [6, 6.07) is 13.9. The van der Waals surface area contributed by atoms with E-state index in [9.17, 15) is 13.2 Å². The molecule has 0 spiro atoms. The SMILES string of the molecule is COc1ccccc1NC1CCN(C(=O)c2ccc(S(=O)(=O)n3cncn3)cc2)CC1. The Bertz CT molecular complexity index is 1140. The summed E-state index contributed by atoms with van der Waals surface area (Å²) in [6.07, 6.45) is 3.89. The van der Waals surface area contributed by atoms with Crippen molar-refractivity contribution < 1.29 is 17.9 Å². The molecule has 2 heterocycles. The van der Waals surface area contributed by atoms with Gasteiger partial charge in [0.15, 0.2) is 0 Å². The van der Waals surface area contributed by atoms with Gasteiger partial charge in [-0.25, -0.2) is 4.98 Å². The van der Waals surface area contributed by atoms with E-state index in [1.165, 1.54) is 24.3 Å². The molecule has 2 aromatic carbocycles. The molecule has 1 aromatic heterocycles. The number of carbonyl (C=O) groups excluding carboxylic acids is 1. The Morgan fingerprint density at radius 3 is 2.45 bits per heavy atom. The molecule has 4 rings (SSSR count). The maximum Gasteiger partial charge on any atom is 0.284 e. The fraction of sp³-hybridized carbons (Fsp3) is 0.286. The van der Waals surface area contributed by atoms with Gasteiger partial charge in [0, 0.05) is 24.7 Å². The average Bonchev–Trinajstić information content (AvgIpc) is 3.36. The number of rotatable bonds is 6. The molecule has 0 aliphatic carbocycles. The quantitative estimate of drug-likeness (QED) is 0.625. The van der Waals surface area contributed by atoms with Crippen molar-refractivity contribution in [2.75, 3.05) is 25.5 Å². The van der Waals surface area contributed by atoms with Crippen molar-refractivity contribution in [1.82, 2.24) is 19.1 Å². The molecule has 0 saturated carbocycles. The molecular weight excluding hydrogens is 418 g/mol. The van der Waals surface area contributed by atoms with Crippen LogP contribution in [0, 0.1) is 0 Å². The van der Waals surface area contributed by atoms with E-state index in [2.05, 4.69) is 15.4 Å². The first-order valence-corrected chi connectivity index (χ1v) is 11.3. The van der Waals surface area contributed by atoms with Crippen LogP contribution >= 0.6 is 0 Å². The van der Waals surface area contributed by atoms with Gasteiger partial charge in [0.25, 0.3) is 15.9 Å². The number of hydrogen-bond donors (Lipinski definition) is 1. The van der Waals surface area contributed by atoms with Crippen LogP contribution in [0.1, 0.15) is 23.2 Å². The Morgan fingerprint density at radius 2 is 1.81 bits per heavy atom. The lowest BCUT2D eigenvalue weighted by Crippen LogP contribution is -2.42. The highest BCUT2D eigenvalue weighted by atomic mass is 32.2. The summed E-state index contributed by atoms with van der Waals surface area (Å²) in [6.45, 7) is 1.23. The summed E-state index contributed by atoms with van der Waals surface area (Å²) in [5.41, 5.74) is 1.40. The lowest BCUT2D eigenvalue weighted by Gasteiger charge is -2.33. The normalized spacial score (nSPS) is 14.9. The summed E-state index contributed by atoms with van der Waals surface area (Å²) in [5, 5.41) is 7.17. The topological polar surface area (TPSA) is 106 Å². The van der Waals surface area contributed by atoms with Crippen LogP contribution in [0.4, 0.5) is 5.69 Å². The maximum atomic E-state index is 12.9. The Morgan fingerprint density at radius 1 is 1.10 bits per heavy atom. The Balaban J connectivity index is 1.38. The van der Waals surface area contributed by atoms with Gasteiger partial charge in [0.1, 0.15) is 18.4 Å². The zero-order chi connectivity index (χ0) is 21.8. The van der Waals surface area contributed by atoms with Crippen LogP contribution in [0.15, 0.2) is 66.1 Å². The first kappa shape index (κ1) is 20.9. The lowest BCUT2D eigenvalue weighted by atomic mass is 10.0. The van der Waals surface area contributed by atoms with Crippen molar-refractivity contribution in [3.05, 3.63) is 66.7 Å². The van der Waals surface area contributed by atoms with Crippen molar-refractivity contribution in [3.63, 3.8) is 0 Å². The number of carbonyl (C=O) groups is 1. The van der Waals surface area contributed by atoms with Crippen molar-refractivity contribution in [2.45, 2.75) is 23.8 Å². The zero-order valence-electron chi connectivity index (χ0n) is 17.0. The van der Waals surface area contributed by atoms with Crippen LogP contribution in [-0.2, 0) is 10.0 Å². The van der Waals surface area contributed by atoms with E-state index in [-0.39, 0.29) is 16.8 Å². The third-order valence-electron chi connectivity index (χ3n) is 5.29. The number of amides is 1. The van der Waals surface area contributed by atoms with Crippen LogP contribution < -0.4 is 10.1 Å². The van der Waals surface area contributed by atoms with Gasteiger partial charge in [-0.05, 0) is 49.2 Å². The van der Waals surface area contributed by atoms with Crippen molar-refractivity contribution >= 4 is 21.6 Å². The standard InChI is InChI=1S/C21H23N5O4S/c1-30-20-5-3-2-4-19(20)24-17-10-12-25(13-11-17)21(27)16-6-8-18(9-7-16)31(28,29)26-15-22-14-23-26/h2-9,14-15,17,24H,10-13H2,1H3. The first-order chi connectivity index (χ1) is 15.0. The Hall–Kier alpha value is -3.40. The monoisotopic (exact) mass is 441 g/mol. The number of para-hydroxylation sites is 2. The van der Waals surface area contributed by atoms with E-state index in [1.807, 2.05) is 24.3 Å². The summed E-state index contributed by atoms with van der Waals surface area (Å²) in [4.78, 5) is 18.4. The number of nitrogens with one attached hydrogen (secondary N) is 1. The lowest BCUT2D eigenvalue weighted by molar-refractivity contribution is 0.0718. The second-order valence-corrected chi connectivity index (χ2v) is 9.00. The molecular formula is C21H23N5O4S. The highest BCUT2D eigenvalue weighted by Gasteiger charge is 2.25. The van der Waals surface area contributed by atoms with E-state index in [4.69, 9.17) is 4.74 Å². The molecule has 1 saturated heterocycles. The van der Waals surface area contributed by atoms with E-state index < -0.39 is 10.0 Å². The van der Waals surface area contributed by atoms with Gasteiger partial charge in [0.05, 0.1) is 17.7 Å². The van der Waals surface area contributed by atoms with E-state index >= 15 is 0 Å². The molecule has 0 atom stereocenters. The summed E-state index contributed by atoms with van der Waals surface area (Å²) >= 11 is 0. The molecule has 1 fully saturated rings. The molecule has 0 bridgehead atoms. The van der Waals surface area contributed by atoms with Crippen LogP contribution in [0.5, 0.6) is 5.75 Å². The number of aromatic nitrogens is 3. The average molecular weight is 442 g/mol. The summed E-state index contributed by atoms with van der Waals surface area (Å²) < 4.78 is 31.1. The number of benzene rings is 2. The predicted molar refractivity (Wildman–Crippen MR) is 115 cm³/mol. The van der Waals surface area contributed by atoms with Gasteiger partial charge in [-0.15, -0.1) is 9.19 Å². The minimum Gasteiger partial charge on any atom is -0.495 e. The number of nitrogens with zero attached hydrogens (tertiary/aromatic N) is 4. The highest BCUT2D eigenvalue weighted by molar-refractivity contribution is 7.89. The van der Waals surface area contributed by atoms with Crippen LogP contribution in [0.3, 0.4) is 0 Å². The molecule has 9 nitrogen and oxygen atoms in total. The van der Waals surface area contributed by atoms with Crippen LogP contribution in [0.25, 0.3) is 0 Å². The Labute approximate surface area is 180 Å². The minimum atomic E-state index is -3.81. The molecule has 0 radical (unpaired) electrons. The molecule has 0 unspecified atom stereocenters. The zero-order valence-corrected chi connectivity index (χ0v) is 17.8. The van der Waals surface area contributed by atoms with Crippen molar-refractivity contribution in [1.29, 1.82) is 0 Å². The number of ether oxygens (including phenoxy) is 1. The molecule has 31 heavy (non-hydrogen) atoms. The van der Waals surface area contributed by atoms with Gasteiger partial charge < -0.3 is 15.0 Å². The van der Waals surface area contributed by atoms with Gasteiger partial charge in [0.2, 0.25) is 0 Å². The van der Waals surface area contributed by atoms with Gasteiger partial charge in [-0.2, -0.15) is 8.42 Å². The van der Waals surface area contributed by atoms with Gasteiger partial charge in [-0.1, -0.05) is 12.1 Å².